The van der Waals surface area contributed by atoms with Gasteiger partial charge >= 0.3 is 0 Å². The zero-order valence-corrected chi connectivity index (χ0v) is 5.75. The minimum atomic E-state index is -3.07. The molecule has 12 heavy (non-hydrogen) atoms. The molecule has 67 valence electrons. The molecule has 2 unspecified atom stereocenters. The highest BCUT2D eigenvalue weighted by molar-refractivity contribution is 5.36. The van der Waals surface area contributed by atoms with E-state index in [1.54, 1.807) is 0 Å². The van der Waals surface area contributed by atoms with E-state index in [0.717, 1.165) is 0 Å². The Kier molecular flexibility index (Phi) is 1.97. The summed E-state index contributed by atoms with van der Waals surface area (Å²) in [5, 5.41) is 0. The van der Waals surface area contributed by atoms with Crippen LogP contribution in [-0.2, 0) is 0 Å². The molecule has 0 saturated carbocycles. The molecule has 0 bridgehead atoms. The number of rotatable bonds is 0. The molecule has 1 aliphatic carbocycles. The van der Waals surface area contributed by atoms with Crippen molar-refractivity contribution in [1.82, 2.24) is 0 Å². The summed E-state index contributed by atoms with van der Waals surface area (Å²) in [4.78, 5) is 0. The van der Waals surface area contributed by atoms with Crippen molar-refractivity contribution < 1.29 is 22.0 Å². The predicted octanol–water partition coefficient (Wildman–Crippen LogP) is 2.88. The van der Waals surface area contributed by atoms with Crippen molar-refractivity contribution >= 4 is 0 Å². The molecule has 0 aromatic carbocycles. The quantitative estimate of drug-likeness (QED) is 0.506. The first-order valence-corrected chi connectivity index (χ1v) is 2.98. The van der Waals surface area contributed by atoms with Crippen LogP contribution in [0.5, 0.6) is 0 Å². The van der Waals surface area contributed by atoms with Crippen molar-refractivity contribution in [3.63, 3.8) is 0 Å². The van der Waals surface area contributed by atoms with Gasteiger partial charge in [0.15, 0.2) is 29.3 Å². The molecule has 1 radical (unpaired) electrons. The lowest BCUT2D eigenvalue weighted by Gasteiger charge is -2.23. The first kappa shape index (κ1) is 9.22. The third kappa shape index (κ3) is 1.23. The van der Waals surface area contributed by atoms with Gasteiger partial charge in [0.05, 0.1) is 0 Å². The second-order valence-electron chi connectivity index (χ2n) is 2.44. The Morgan fingerprint density at radius 2 is 1.83 bits per heavy atom. The molecule has 0 heterocycles. The minimum Gasteiger partial charge on any atom is -0.236 e. The summed E-state index contributed by atoms with van der Waals surface area (Å²) in [5.41, 5.74) is -3.07. The van der Waals surface area contributed by atoms with E-state index >= 15 is 0 Å². The lowest BCUT2D eigenvalue weighted by atomic mass is 9.96. The average molecular weight is 183 g/mol. The molecule has 2 atom stereocenters. The van der Waals surface area contributed by atoms with Gasteiger partial charge in [0.25, 0.3) is 0 Å². The smallest absolute Gasteiger partial charge is 0.193 e. The lowest BCUT2D eigenvalue weighted by molar-refractivity contribution is 0.131. The molecule has 5 heteroatoms. The Hall–Kier alpha value is -0.870. The maximum atomic E-state index is 12.7. The topological polar surface area (TPSA) is 0 Å². The largest absolute Gasteiger partial charge is 0.236 e. The molecular weight excluding hydrogens is 179 g/mol. The van der Waals surface area contributed by atoms with Gasteiger partial charge in [-0.3, -0.25) is 0 Å². The van der Waals surface area contributed by atoms with Crippen LogP contribution < -0.4 is 0 Å². The summed E-state index contributed by atoms with van der Waals surface area (Å²) in [6.45, 7) is 2.55. The van der Waals surface area contributed by atoms with E-state index in [1.807, 2.05) is 0 Å². The highest BCUT2D eigenvalue weighted by Crippen LogP contribution is 2.37. The number of hydrogen-bond acceptors (Lipinski definition) is 0. The Morgan fingerprint density at radius 3 is 2.33 bits per heavy atom. The van der Waals surface area contributed by atoms with E-state index in [4.69, 9.17) is 0 Å². The molecule has 0 aromatic rings. The maximum absolute atomic E-state index is 12.7. The predicted molar refractivity (Wildman–Crippen MR) is 32.5 cm³/mol. The van der Waals surface area contributed by atoms with Crippen LogP contribution in [0, 0.1) is 6.92 Å². The number of halogens is 5. The Balaban J connectivity index is 3.15. The summed E-state index contributed by atoms with van der Waals surface area (Å²) >= 11 is 0. The molecule has 0 nitrogen and oxygen atoms in total. The van der Waals surface area contributed by atoms with Gasteiger partial charge in [0.2, 0.25) is 0 Å². The SMILES string of the molecule is [CH2]C1(F)C=C(F)C(F)=C(F)C1F. The lowest BCUT2D eigenvalue weighted by Crippen LogP contribution is -2.33. The molecule has 0 amide bonds. The summed E-state index contributed by atoms with van der Waals surface area (Å²) in [5.74, 6) is -5.86. The van der Waals surface area contributed by atoms with Gasteiger partial charge in [0, 0.05) is 0 Å². The first-order chi connectivity index (χ1) is 5.36. The fourth-order valence-corrected chi connectivity index (χ4v) is 0.783. The van der Waals surface area contributed by atoms with Crippen molar-refractivity contribution in [2.45, 2.75) is 11.8 Å². The van der Waals surface area contributed by atoms with Gasteiger partial charge in [-0.25, -0.2) is 22.0 Å². The number of alkyl halides is 2. The van der Waals surface area contributed by atoms with E-state index in [9.17, 15) is 22.0 Å². The number of allylic oxidation sites excluding steroid dienone is 4. The third-order valence-electron chi connectivity index (χ3n) is 1.43. The molecule has 1 aliphatic rings. The highest BCUT2D eigenvalue weighted by atomic mass is 19.2. The summed E-state index contributed by atoms with van der Waals surface area (Å²) in [7, 11) is 0. The zero-order valence-electron chi connectivity index (χ0n) is 5.75. The first-order valence-electron chi connectivity index (χ1n) is 2.98. The van der Waals surface area contributed by atoms with Gasteiger partial charge in [-0.15, -0.1) is 0 Å². The van der Waals surface area contributed by atoms with Crippen molar-refractivity contribution in [3.8, 4) is 0 Å². The standard InChI is InChI=1S/C7H4F5/c1-7(12)2-3(8)4(9)5(10)6(7)11/h2,6H,1H2. The average Bonchev–Trinajstić information content (AvgIpc) is 1.97. The maximum Gasteiger partial charge on any atom is 0.193 e. The van der Waals surface area contributed by atoms with Crippen LogP contribution in [0.15, 0.2) is 23.6 Å². The van der Waals surface area contributed by atoms with E-state index in [-0.39, 0.29) is 6.08 Å². The van der Waals surface area contributed by atoms with Crippen LogP contribution in [0.3, 0.4) is 0 Å². The van der Waals surface area contributed by atoms with Crippen LogP contribution >= 0.6 is 0 Å². The fraction of sp³-hybridized carbons (Fsp3) is 0.286. The van der Waals surface area contributed by atoms with Crippen LogP contribution in [0.1, 0.15) is 0 Å². The van der Waals surface area contributed by atoms with Gasteiger partial charge in [-0.2, -0.15) is 0 Å². The Bertz CT molecular complexity index is 263. The minimum absolute atomic E-state index is 0.0317. The summed E-state index contributed by atoms with van der Waals surface area (Å²) in [6, 6.07) is 0. The fourth-order valence-electron chi connectivity index (χ4n) is 0.783. The molecule has 0 saturated heterocycles. The van der Waals surface area contributed by atoms with Crippen LogP contribution in [0.25, 0.3) is 0 Å². The molecule has 1 rings (SSSR count). The van der Waals surface area contributed by atoms with Crippen LogP contribution in [0.2, 0.25) is 0 Å². The molecular formula is C7H4F5. The molecule has 0 spiro atoms. The van der Waals surface area contributed by atoms with Crippen molar-refractivity contribution in [2.75, 3.05) is 0 Å². The summed E-state index contributed by atoms with van der Waals surface area (Å²) in [6.07, 6.45) is -2.91. The van der Waals surface area contributed by atoms with Crippen LogP contribution in [-0.4, -0.2) is 11.8 Å². The van der Waals surface area contributed by atoms with Gasteiger partial charge in [-0.05, 0) is 13.0 Å². The van der Waals surface area contributed by atoms with Crippen molar-refractivity contribution in [3.05, 3.63) is 30.5 Å². The number of hydrogen-bond donors (Lipinski definition) is 0. The van der Waals surface area contributed by atoms with Gasteiger partial charge in [0.1, 0.15) is 0 Å². The summed E-state index contributed by atoms with van der Waals surface area (Å²) < 4.78 is 61.9. The molecule has 0 aliphatic heterocycles. The van der Waals surface area contributed by atoms with E-state index in [2.05, 4.69) is 6.92 Å². The molecule has 0 aromatic heterocycles. The highest BCUT2D eigenvalue weighted by Gasteiger charge is 2.43. The van der Waals surface area contributed by atoms with Gasteiger partial charge in [-0.1, -0.05) is 0 Å². The third-order valence-corrected chi connectivity index (χ3v) is 1.43. The van der Waals surface area contributed by atoms with E-state index in [0.29, 0.717) is 0 Å². The zero-order chi connectivity index (χ0) is 9.52. The normalized spacial score (nSPS) is 36.8. The molecule has 0 N–H and O–H groups in total. The van der Waals surface area contributed by atoms with Crippen molar-refractivity contribution in [1.29, 1.82) is 0 Å². The Morgan fingerprint density at radius 1 is 1.33 bits per heavy atom. The Labute approximate surface area is 65.4 Å². The van der Waals surface area contributed by atoms with Crippen LogP contribution in [0.4, 0.5) is 22.0 Å². The molecule has 0 fully saturated rings. The van der Waals surface area contributed by atoms with Crippen molar-refractivity contribution in [2.24, 2.45) is 0 Å². The van der Waals surface area contributed by atoms with Gasteiger partial charge < -0.3 is 0 Å². The second-order valence-corrected chi connectivity index (χ2v) is 2.44. The monoisotopic (exact) mass is 183 g/mol. The van der Waals surface area contributed by atoms with E-state index < -0.39 is 29.3 Å². The van der Waals surface area contributed by atoms with E-state index in [1.165, 1.54) is 0 Å². The second kappa shape index (κ2) is 2.57.